The van der Waals surface area contributed by atoms with E-state index in [4.69, 9.17) is 11.5 Å². The maximum Gasteiger partial charge on any atom is 0.257 e. The number of nitrogens with two attached hydrogens (primary N) is 2. The molecule has 1 aromatic rings. The average Bonchev–Trinajstić information content (AvgIpc) is 2.29. The summed E-state index contributed by atoms with van der Waals surface area (Å²) in [5, 5.41) is 0. The van der Waals surface area contributed by atoms with E-state index in [1.165, 1.54) is 0 Å². The van der Waals surface area contributed by atoms with Crippen LogP contribution in [0.2, 0.25) is 0 Å². The van der Waals surface area contributed by atoms with Crippen LogP contribution in [0.1, 0.15) is 24.2 Å². The molecule has 0 fully saturated rings. The minimum atomic E-state index is -1.04. The lowest BCUT2D eigenvalue weighted by atomic mass is 10.1. The summed E-state index contributed by atoms with van der Waals surface area (Å²) in [7, 11) is 0. The van der Waals surface area contributed by atoms with Crippen LogP contribution < -0.4 is 11.5 Å². The molecule has 0 aliphatic heterocycles. The third kappa shape index (κ3) is 3.40. The minimum absolute atomic E-state index is 0.340. The summed E-state index contributed by atoms with van der Waals surface area (Å²) in [5.74, 6) is -3.47. The van der Waals surface area contributed by atoms with Crippen LogP contribution in [0.15, 0.2) is 12.1 Å². The van der Waals surface area contributed by atoms with Gasteiger partial charge >= 0.3 is 0 Å². The van der Waals surface area contributed by atoms with Crippen LogP contribution in [0, 0.1) is 11.6 Å². The molecule has 0 saturated heterocycles. The van der Waals surface area contributed by atoms with E-state index in [-0.39, 0.29) is 18.3 Å². The zero-order chi connectivity index (χ0) is 14.7. The SMILES string of the molecule is CC(C)N(CC(N)=O)C(=O)c1cc(N)c(F)cc1F. The molecule has 0 bridgehead atoms. The van der Waals surface area contributed by atoms with E-state index < -0.39 is 29.0 Å². The number of benzene rings is 1. The molecule has 0 saturated carbocycles. The summed E-state index contributed by atoms with van der Waals surface area (Å²) in [4.78, 5) is 24.1. The molecule has 0 unspecified atom stereocenters. The molecule has 104 valence electrons. The zero-order valence-corrected chi connectivity index (χ0v) is 10.6. The highest BCUT2D eigenvalue weighted by Crippen LogP contribution is 2.19. The molecule has 4 N–H and O–H groups in total. The number of rotatable bonds is 4. The molecule has 7 heteroatoms. The Bertz CT molecular complexity index is 518. The lowest BCUT2D eigenvalue weighted by Gasteiger charge is -2.25. The van der Waals surface area contributed by atoms with E-state index in [9.17, 15) is 18.4 Å². The predicted molar refractivity (Wildman–Crippen MR) is 66.1 cm³/mol. The quantitative estimate of drug-likeness (QED) is 0.797. The molecule has 0 aromatic heterocycles. The molecule has 0 aliphatic rings. The van der Waals surface area contributed by atoms with E-state index in [0.717, 1.165) is 11.0 Å². The zero-order valence-electron chi connectivity index (χ0n) is 10.6. The molecule has 0 spiro atoms. The highest BCUT2D eigenvalue weighted by Gasteiger charge is 2.24. The Morgan fingerprint density at radius 1 is 1.26 bits per heavy atom. The second-order valence-electron chi connectivity index (χ2n) is 4.35. The van der Waals surface area contributed by atoms with Crippen molar-refractivity contribution in [1.29, 1.82) is 0 Å². The van der Waals surface area contributed by atoms with Gasteiger partial charge in [-0.05, 0) is 19.9 Å². The monoisotopic (exact) mass is 271 g/mol. The number of halogens is 2. The molecule has 0 atom stereocenters. The molecule has 2 amide bonds. The Kier molecular flexibility index (Phi) is 4.42. The number of anilines is 1. The highest BCUT2D eigenvalue weighted by molar-refractivity contribution is 5.97. The summed E-state index contributed by atoms with van der Waals surface area (Å²) >= 11 is 0. The van der Waals surface area contributed by atoms with Gasteiger partial charge in [-0.25, -0.2) is 8.78 Å². The van der Waals surface area contributed by atoms with Gasteiger partial charge in [0.05, 0.1) is 17.8 Å². The number of nitrogen functional groups attached to an aromatic ring is 1. The summed E-state index contributed by atoms with van der Waals surface area (Å²) < 4.78 is 26.6. The topological polar surface area (TPSA) is 89.4 Å². The fourth-order valence-electron chi connectivity index (χ4n) is 1.54. The van der Waals surface area contributed by atoms with E-state index in [1.807, 2.05) is 0 Å². The minimum Gasteiger partial charge on any atom is -0.396 e. The van der Waals surface area contributed by atoms with Crippen molar-refractivity contribution < 1.29 is 18.4 Å². The van der Waals surface area contributed by atoms with E-state index in [0.29, 0.717) is 6.07 Å². The molecule has 0 aliphatic carbocycles. The third-order valence-corrected chi connectivity index (χ3v) is 2.53. The summed E-state index contributed by atoms with van der Waals surface area (Å²) in [5.41, 5.74) is 9.59. The smallest absolute Gasteiger partial charge is 0.257 e. The number of carbonyl (C=O) groups excluding carboxylic acids is 2. The number of carbonyl (C=O) groups is 2. The van der Waals surface area contributed by atoms with Gasteiger partial charge in [-0.1, -0.05) is 0 Å². The van der Waals surface area contributed by atoms with Crippen LogP contribution in [0.3, 0.4) is 0 Å². The Balaban J connectivity index is 3.16. The van der Waals surface area contributed by atoms with Crippen molar-refractivity contribution in [2.75, 3.05) is 12.3 Å². The lowest BCUT2D eigenvalue weighted by molar-refractivity contribution is -0.119. The van der Waals surface area contributed by atoms with Gasteiger partial charge in [-0.15, -0.1) is 0 Å². The molecule has 19 heavy (non-hydrogen) atoms. The first-order chi connectivity index (χ1) is 8.73. The molecule has 0 heterocycles. The second-order valence-corrected chi connectivity index (χ2v) is 4.35. The molecule has 1 aromatic carbocycles. The van der Waals surface area contributed by atoms with Gasteiger partial charge < -0.3 is 16.4 Å². The van der Waals surface area contributed by atoms with Crippen molar-refractivity contribution in [1.82, 2.24) is 4.90 Å². The van der Waals surface area contributed by atoms with Gasteiger partial charge in [0.1, 0.15) is 11.6 Å². The molecule has 0 radical (unpaired) electrons. The first-order valence-corrected chi connectivity index (χ1v) is 5.57. The first-order valence-electron chi connectivity index (χ1n) is 5.57. The largest absolute Gasteiger partial charge is 0.396 e. The maximum atomic E-state index is 13.6. The summed E-state index contributed by atoms with van der Waals surface area (Å²) in [6.07, 6.45) is 0. The van der Waals surface area contributed by atoms with Crippen molar-refractivity contribution in [3.05, 3.63) is 29.3 Å². The van der Waals surface area contributed by atoms with Crippen LogP contribution in [0.25, 0.3) is 0 Å². The fourth-order valence-corrected chi connectivity index (χ4v) is 1.54. The van der Waals surface area contributed by atoms with Crippen molar-refractivity contribution in [3.8, 4) is 0 Å². The van der Waals surface area contributed by atoms with Gasteiger partial charge in [0.25, 0.3) is 5.91 Å². The van der Waals surface area contributed by atoms with Crippen LogP contribution in [0.4, 0.5) is 14.5 Å². The second kappa shape index (κ2) is 5.64. The highest BCUT2D eigenvalue weighted by atomic mass is 19.1. The van der Waals surface area contributed by atoms with Crippen LogP contribution in [0.5, 0.6) is 0 Å². The van der Waals surface area contributed by atoms with Crippen molar-refractivity contribution in [3.63, 3.8) is 0 Å². The lowest BCUT2D eigenvalue weighted by Crippen LogP contribution is -2.43. The van der Waals surface area contributed by atoms with Crippen LogP contribution in [-0.4, -0.2) is 29.3 Å². The Morgan fingerprint density at radius 3 is 2.32 bits per heavy atom. The number of hydrogen-bond acceptors (Lipinski definition) is 3. The van der Waals surface area contributed by atoms with Gasteiger partial charge in [0.15, 0.2) is 0 Å². The number of nitrogens with zero attached hydrogens (tertiary/aromatic N) is 1. The predicted octanol–water partition coefficient (Wildman–Crippen LogP) is 0.883. The van der Waals surface area contributed by atoms with Gasteiger partial charge in [0, 0.05) is 12.1 Å². The average molecular weight is 271 g/mol. The fraction of sp³-hybridized carbons (Fsp3) is 0.333. The van der Waals surface area contributed by atoms with Gasteiger partial charge in [-0.3, -0.25) is 9.59 Å². The van der Waals surface area contributed by atoms with Crippen molar-refractivity contribution in [2.24, 2.45) is 5.73 Å². The normalized spacial score (nSPS) is 10.6. The van der Waals surface area contributed by atoms with Gasteiger partial charge in [0.2, 0.25) is 5.91 Å². The number of hydrogen-bond donors (Lipinski definition) is 2. The first kappa shape index (κ1) is 14.9. The van der Waals surface area contributed by atoms with Crippen LogP contribution in [-0.2, 0) is 4.79 Å². The Labute approximate surface area is 109 Å². The molecular formula is C12H15F2N3O2. The third-order valence-electron chi connectivity index (χ3n) is 2.53. The Morgan fingerprint density at radius 2 is 1.84 bits per heavy atom. The van der Waals surface area contributed by atoms with Gasteiger partial charge in [-0.2, -0.15) is 0 Å². The van der Waals surface area contributed by atoms with Crippen molar-refractivity contribution in [2.45, 2.75) is 19.9 Å². The van der Waals surface area contributed by atoms with E-state index in [1.54, 1.807) is 13.8 Å². The standard InChI is InChI=1S/C12H15F2N3O2/c1-6(2)17(5-11(16)18)12(19)7-3-10(15)9(14)4-8(7)13/h3-4,6H,5,15H2,1-2H3,(H2,16,18). The number of primary amides is 1. The Hall–Kier alpha value is -2.18. The summed E-state index contributed by atoms with van der Waals surface area (Å²) in [6, 6.07) is 1.07. The van der Waals surface area contributed by atoms with E-state index >= 15 is 0 Å². The van der Waals surface area contributed by atoms with E-state index in [2.05, 4.69) is 0 Å². The number of amides is 2. The maximum absolute atomic E-state index is 13.6. The molecule has 5 nitrogen and oxygen atoms in total. The molecule has 1 rings (SSSR count). The summed E-state index contributed by atoms with van der Waals surface area (Å²) in [6.45, 7) is 2.93. The molecular weight excluding hydrogens is 256 g/mol. The van der Waals surface area contributed by atoms with Crippen LogP contribution >= 0.6 is 0 Å². The van der Waals surface area contributed by atoms with Crippen molar-refractivity contribution >= 4 is 17.5 Å².